The highest BCUT2D eigenvalue weighted by molar-refractivity contribution is 7.89. The molecule has 29 heavy (non-hydrogen) atoms. The van der Waals surface area contributed by atoms with Gasteiger partial charge in [-0.25, -0.2) is 13.1 Å². The summed E-state index contributed by atoms with van der Waals surface area (Å²) in [5.41, 5.74) is 1.12. The number of rotatable bonds is 7. The maximum atomic E-state index is 12.6. The fourth-order valence-electron chi connectivity index (χ4n) is 2.35. The highest BCUT2D eigenvalue weighted by atomic mass is 35.5. The van der Waals surface area contributed by atoms with Crippen molar-refractivity contribution in [3.63, 3.8) is 0 Å². The first-order valence-electron chi connectivity index (χ1n) is 9.03. The van der Waals surface area contributed by atoms with E-state index in [1.807, 2.05) is 0 Å². The minimum atomic E-state index is -3.76. The van der Waals surface area contributed by atoms with Gasteiger partial charge in [0.2, 0.25) is 15.9 Å². The van der Waals surface area contributed by atoms with Gasteiger partial charge in [0.25, 0.3) is 5.91 Å². The predicted octanol–water partition coefficient (Wildman–Crippen LogP) is 3.87. The normalized spacial score (nSPS) is 11.6. The lowest BCUT2D eigenvalue weighted by atomic mass is 10.2. The molecule has 3 N–H and O–H groups in total. The van der Waals surface area contributed by atoms with Crippen LogP contribution in [0.4, 0.5) is 11.4 Å². The van der Waals surface area contributed by atoms with Gasteiger partial charge in [-0.3, -0.25) is 9.59 Å². The average molecular weight is 438 g/mol. The topological polar surface area (TPSA) is 104 Å². The lowest BCUT2D eigenvalue weighted by Crippen LogP contribution is -2.30. The maximum Gasteiger partial charge on any atom is 0.257 e. The van der Waals surface area contributed by atoms with Gasteiger partial charge in [-0.1, -0.05) is 25.4 Å². The number of halogens is 1. The molecule has 2 aromatic rings. The molecule has 0 heterocycles. The summed E-state index contributed by atoms with van der Waals surface area (Å²) in [7, 11) is -3.76. The molecule has 0 bridgehead atoms. The van der Waals surface area contributed by atoms with Gasteiger partial charge in [-0.05, 0) is 56.3 Å². The van der Waals surface area contributed by atoms with Crippen molar-refractivity contribution >= 4 is 44.8 Å². The number of amides is 2. The smallest absolute Gasteiger partial charge is 0.257 e. The second-order valence-electron chi connectivity index (χ2n) is 7.09. The van der Waals surface area contributed by atoms with Crippen LogP contribution in [0.25, 0.3) is 0 Å². The van der Waals surface area contributed by atoms with Crippen molar-refractivity contribution in [2.24, 2.45) is 5.92 Å². The van der Waals surface area contributed by atoms with E-state index in [9.17, 15) is 18.0 Å². The van der Waals surface area contributed by atoms with Gasteiger partial charge >= 0.3 is 0 Å². The highest BCUT2D eigenvalue weighted by Gasteiger charge is 2.19. The van der Waals surface area contributed by atoms with Gasteiger partial charge in [-0.2, -0.15) is 0 Å². The summed E-state index contributed by atoms with van der Waals surface area (Å²) < 4.78 is 27.1. The van der Waals surface area contributed by atoms with Crippen LogP contribution in [0, 0.1) is 5.92 Å². The van der Waals surface area contributed by atoms with Crippen LogP contribution in [-0.4, -0.2) is 26.3 Å². The van der Waals surface area contributed by atoms with Crippen molar-refractivity contribution in [1.82, 2.24) is 4.72 Å². The Balaban J connectivity index is 2.18. The molecule has 9 heteroatoms. The molecule has 0 spiro atoms. The Morgan fingerprint density at radius 1 is 0.897 bits per heavy atom. The van der Waals surface area contributed by atoms with Crippen molar-refractivity contribution < 1.29 is 18.0 Å². The summed E-state index contributed by atoms with van der Waals surface area (Å²) in [4.78, 5) is 24.3. The zero-order chi connectivity index (χ0) is 21.8. The van der Waals surface area contributed by atoms with Gasteiger partial charge in [0, 0.05) is 23.3 Å². The third-order valence-corrected chi connectivity index (χ3v) is 5.80. The van der Waals surface area contributed by atoms with Crippen LogP contribution in [0.15, 0.2) is 47.4 Å². The van der Waals surface area contributed by atoms with Crippen LogP contribution in [0.5, 0.6) is 0 Å². The van der Waals surface area contributed by atoms with Crippen LogP contribution in [-0.2, 0) is 14.8 Å². The van der Waals surface area contributed by atoms with E-state index in [0.717, 1.165) is 0 Å². The molecule has 0 atom stereocenters. The van der Waals surface area contributed by atoms with Crippen LogP contribution >= 0.6 is 11.6 Å². The molecule has 2 amide bonds. The molecule has 0 saturated carbocycles. The lowest BCUT2D eigenvalue weighted by Gasteiger charge is -2.12. The molecule has 0 unspecified atom stereocenters. The van der Waals surface area contributed by atoms with Gasteiger partial charge in [0.05, 0.1) is 15.5 Å². The number of hydrogen-bond donors (Lipinski definition) is 3. The molecular formula is C20H24ClN3O4S. The molecule has 0 aliphatic carbocycles. The van der Waals surface area contributed by atoms with Gasteiger partial charge in [-0.15, -0.1) is 0 Å². The minimum Gasteiger partial charge on any atom is -0.326 e. The van der Waals surface area contributed by atoms with Crippen molar-refractivity contribution in [2.75, 3.05) is 10.6 Å². The predicted molar refractivity (Wildman–Crippen MR) is 115 cm³/mol. The fraction of sp³-hybridized carbons (Fsp3) is 0.300. The summed E-state index contributed by atoms with van der Waals surface area (Å²) in [5, 5.41) is 5.56. The van der Waals surface area contributed by atoms with Crippen LogP contribution in [0.3, 0.4) is 0 Å². The second-order valence-corrected chi connectivity index (χ2v) is 9.21. The third-order valence-electron chi connectivity index (χ3n) is 3.82. The molecule has 7 nitrogen and oxygen atoms in total. The lowest BCUT2D eigenvalue weighted by molar-refractivity contribution is -0.118. The van der Waals surface area contributed by atoms with E-state index in [2.05, 4.69) is 15.4 Å². The monoisotopic (exact) mass is 437 g/mol. The highest BCUT2D eigenvalue weighted by Crippen LogP contribution is 2.23. The summed E-state index contributed by atoms with van der Waals surface area (Å²) in [6.07, 6.45) is 0. The van der Waals surface area contributed by atoms with E-state index in [1.165, 1.54) is 18.2 Å². The quantitative estimate of drug-likeness (QED) is 0.611. The first-order chi connectivity index (χ1) is 13.5. The summed E-state index contributed by atoms with van der Waals surface area (Å²) in [6.45, 7) is 6.99. The number of nitrogens with one attached hydrogen (secondary N) is 3. The Kier molecular flexibility index (Phi) is 7.40. The van der Waals surface area contributed by atoms with Crippen molar-refractivity contribution in [3.05, 3.63) is 53.1 Å². The molecule has 0 aromatic heterocycles. The standard InChI is InChI=1S/C20H24ClN3O4S/c1-12(2)19(25)22-14-5-7-15(8-6-14)23-20(26)17-11-16(9-10-18(17)21)29(27,28)24-13(3)4/h5-13,24H,1-4H3,(H,22,25)(H,23,26). The molecule has 0 fully saturated rings. The van der Waals surface area contributed by atoms with Gasteiger partial charge < -0.3 is 10.6 Å². The van der Waals surface area contributed by atoms with Crippen LogP contribution in [0.2, 0.25) is 5.02 Å². The van der Waals surface area contributed by atoms with E-state index in [0.29, 0.717) is 11.4 Å². The number of sulfonamides is 1. The first-order valence-corrected chi connectivity index (χ1v) is 10.9. The van der Waals surface area contributed by atoms with Crippen molar-refractivity contribution in [2.45, 2.75) is 38.6 Å². The number of hydrogen-bond acceptors (Lipinski definition) is 4. The molecule has 2 rings (SSSR count). The molecule has 2 aromatic carbocycles. The van der Waals surface area contributed by atoms with Crippen molar-refractivity contribution in [3.8, 4) is 0 Å². The largest absolute Gasteiger partial charge is 0.326 e. The number of carbonyl (C=O) groups is 2. The Morgan fingerprint density at radius 3 is 1.97 bits per heavy atom. The summed E-state index contributed by atoms with van der Waals surface area (Å²) in [6, 6.07) is 10.2. The SMILES string of the molecule is CC(C)NS(=O)(=O)c1ccc(Cl)c(C(=O)Nc2ccc(NC(=O)C(C)C)cc2)c1. The maximum absolute atomic E-state index is 12.6. The van der Waals surface area contributed by atoms with E-state index in [-0.39, 0.29) is 33.3 Å². The van der Waals surface area contributed by atoms with Crippen LogP contribution < -0.4 is 15.4 Å². The molecule has 156 valence electrons. The van der Waals surface area contributed by atoms with Crippen molar-refractivity contribution in [1.29, 1.82) is 0 Å². The van der Waals surface area contributed by atoms with Gasteiger partial charge in [0.1, 0.15) is 0 Å². The Morgan fingerprint density at radius 2 is 1.45 bits per heavy atom. The second kappa shape index (κ2) is 9.39. The molecule has 0 aliphatic heterocycles. The summed E-state index contributed by atoms with van der Waals surface area (Å²) >= 11 is 6.10. The zero-order valence-corrected chi connectivity index (χ0v) is 18.2. The minimum absolute atomic E-state index is 0.0375. The first kappa shape index (κ1) is 22.9. The molecule has 0 saturated heterocycles. The fourth-order valence-corrected chi connectivity index (χ4v) is 3.83. The molecule has 0 radical (unpaired) electrons. The third kappa shape index (κ3) is 6.28. The van der Waals surface area contributed by atoms with Gasteiger partial charge in [0.15, 0.2) is 0 Å². The van der Waals surface area contributed by atoms with E-state index < -0.39 is 15.9 Å². The van der Waals surface area contributed by atoms with E-state index in [1.54, 1.807) is 52.0 Å². The zero-order valence-electron chi connectivity index (χ0n) is 16.6. The van der Waals surface area contributed by atoms with Crippen LogP contribution in [0.1, 0.15) is 38.1 Å². The number of benzene rings is 2. The average Bonchev–Trinajstić information content (AvgIpc) is 2.62. The number of carbonyl (C=O) groups excluding carboxylic acids is 2. The Labute approximate surface area is 175 Å². The van der Waals surface area contributed by atoms with E-state index in [4.69, 9.17) is 11.6 Å². The Bertz CT molecular complexity index is 1000. The molecular weight excluding hydrogens is 414 g/mol. The number of anilines is 2. The summed E-state index contributed by atoms with van der Waals surface area (Å²) in [5.74, 6) is -0.803. The molecule has 0 aliphatic rings. The van der Waals surface area contributed by atoms with E-state index >= 15 is 0 Å². The Hall–Kier alpha value is -2.42.